The number of anilines is 1. The number of carbonyl (C=O) groups excluding carboxylic acids is 1. The van der Waals surface area contributed by atoms with Gasteiger partial charge in [0.2, 0.25) is 5.91 Å². The SMILES string of the molecule is CCC(Sc1cc(C)c2cc(C)cc(C)c2n1)C(=O)Nc1ccc(C)c(Cl)c1. The Kier molecular flexibility index (Phi) is 6.31. The Morgan fingerprint density at radius 3 is 2.50 bits per heavy atom. The standard InChI is InChI=1S/C23H25ClN2OS/c1-6-20(23(27)25-17-8-7-14(3)19(24)12-17)28-21-11-15(4)18-10-13(2)9-16(5)22(18)26-21/h7-12,20H,6H2,1-5H3,(H,25,27). The van der Waals surface area contributed by atoms with Crippen molar-refractivity contribution < 1.29 is 4.79 Å². The zero-order valence-corrected chi connectivity index (χ0v) is 18.5. The topological polar surface area (TPSA) is 42.0 Å². The van der Waals surface area contributed by atoms with Gasteiger partial charge >= 0.3 is 0 Å². The van der Waals surface area contributed by atoms with Crippen LogP contribution < -0.4 is 5.32 Å². The molecule has 1 atom stereocenters. The Labute approximate surface area is 175 Å². The lowest BCUT2D eigenvalue weighted by Crippen LogP contribution is -2.24. The second kappa shape index (κ2) is 8.54. The van der Waals surface area contributed by atoms with Crippen molar-refractivity contribution in [2.24, 2.45) is 0 Å². The predicted molar refractivity (Wildman–Crippen MR) is 121 cm³/mol. The molecule has 1 amide bonds. The van der Waals surface area contributed by atoms with Gasteiger partial charge in [-0.25, -0.2) is 4.98 Å². The second-order valence-electron chi connectivity index (χ2n) is 7.22. The summed E-state index contributed by atoms with van der Waals surface area (Å²) in [6.07, 6.45) is 0.710. The van der Waals surface area contributed by atoms with E-state index < -0.39 is 0 Å². The molecule has 0 aliphatic heterocycles. The Morgan fingerprint density at radius 1 is 1.07 bits per heavy atom. The van der Waals surface area contributed by atoms with Crippen molar-refractivity contribution in [3.05, 3.63) is 63.7 Å². The molecule has 0 radical (unpaired) electrons. The number of benzene rings is 2. The van der Waals surface area contributed by atoms with Crippen LogP contribution in [0.1, 0.15) is 35.6 Å². The fourth-order valence-electron chi connectivity index (χ4n) is 3.24. The zero-order valence-electron chi connectivity index (χ0n) is 16.9. The van der Waals surface area contributed by atoms with Gasteiger partial charge in [-0.3, -0.25) is 4.79 Å². The molecule has 1 aromatic heterocycles. The third kappa shape index (κ3) is 4.50. The number of nitrogens with one attached hydrogen (secondary N) is 1. The molecule has 2 aromatic carbocycles. The monoisotopic (exact) mass is 412 g/mol. The molecule has 1 heterocycles. The van der Waals surface area contributed by atoms with E-state index in [2.05, 4.69) is 44.3 Å². The van der Waals surface area contributed by atoms with Crippen molar-refractivity contribution in [3.63, 3.8) is 0 Å². The van der Waals surface area contributed by atoms with Crippen LogP contribution in [0.2, 0.25) is 5.02 Å². The molecule has 0 aliphatic carbocycles. The number of hydrogen-bond donors (Lipinski definition) is 1. The Morgan fingerprint density at radius 2 is 1.82 bits per heavy atom. The number of aromatic nitrogens is 1. The third-order valence-electron chi connectivity index (χ3n) is 4.80. The number of halogens is 1. The van der Waals surface area contributed by atoms with E-state index in [-0.39, 0.29) is 11.2 Å². The van der Waals surface area contributed by atoms with E-state index in [0.717, 1.165) is 21.7 Å². The number of thioether (sulfide) groups is 1. The van der Waals surface area contributed by atoms with E-state index in [0.29, 0.717) is 17.1 Å². The molecule has 0 saturated carbocycles. The maximum absolute atomic E-state index is 12.8. The van der Waals surface area contributed by atoms with Crippen molar-refractivity contribution in [3.8, 4) is 0 Å². The normalized spacial score (nSPS) is 12.2. The summed E-state index contributed by atoms with van der Waals surface area (Å²) < 4.78 is 0. The highest BCUT2D eigenvalue weighted by Gasteiger charge is 2.20. The molecular weight excluding hydrogens is 388 g/mol. The van der Waals surface area contributed by atoms with E-state index in [1.54, 1.807) is 6.07 Å². The predicted octanol–water partition coefficient (Wildman–Crippen LogP) is 6.63. The van der Waals surface area contributed by atoms with Crippen LogP contribution in [0.5, 0.6) is 0 Å². The van der Waals surface area contributed by atoms with Crippen LogP contribution in [-0.2, 0) is 4.79 Å². The summed E-state index contributed by atoms with van der Waals surface area (Å²) in [4.78, 5) is 17.6. The fourth-order valence-corrected chi connectivity index (χ4v) is 4.43. The van der Waals surface area contributed by atoms with Crippen LogP contribution >= 0.6 is 23.4 Å². The Balaban J connectivity index is 1.83. The lowest BCUT2D eigenvalue weighted by molar-refractivity contribution is -0.115. The minimum atomic E-state index is -0.227. The van der Waals surface area contributed by atoms with E-state index in [9.17, 15) is 4.79 Å². The van der Waals surface area contributed by atoms with Gasteiger partial charge in [-0.15, -0.1) is 0 Å². The first-order chi connectivity index (χ1) is 13.3. The van der Waals surface area contributed by atoms with Crippen LogP contribution in [0.15, 0.2) is 41.4 Å². The first-order valence-electron chi connectivity index (χ1n) is 9.40. The summed E-state index contributed by atoms with van der Waals surface area (Å²) >= 11 is 7.68. The summed E-state index contributed by atoms with van der Waals surface area (Å²) in [6.45, 7) is 10.2. The van der Waals surface area contributed by atoms with Gasteiger partial charge in [-0.1, -0.05) is 48.0 Å². The summed E-state index contributed by atoms with van der Waals surface area (Å²) in [6, 6.07) is 12.0. The van der Waals surface area contributed by atoms with Crippen molar-refractivity contribution in [2.45, 2.75) is 51.3 Å². The molecule has 0 spiro atoms. The molecule has 28 heavy (non-hydrogen) atoms. The lowest BCUT2D eigenvalue weighted by atomic mass is 10.0. The number of rotatable bonds is 5. The molecule has 146 valence electrons. The van der Waals surface area contributed by atoms with Crippen molar-refractivity contribution >= 4 is 45.9 Å². The van der Waals surface area contributed by atoms with Crippen LogP contribution in [0.3, 0.4) is 0 Å². The number of pyridine rings is 1. The second-order valence-corrected chi connectivity index (χ2v) is 8.85. The van der Waals surface area contributed by atoms with Crippen LogP contribution in [0.25, 0.3) is 10.9 Å². The average molecular weight is 413 g/mol. The first kappa shape index (κ1) is 20.7. The maximum Gasteiger partial charge on any atom is 0.237 e. The van der Waals surface area contributed by atoms with E-state index in [4.69, 9.17) is 16.6 Å². The smallest absolute Gasteiger partial charge is 0.237 e. The fraction of sp³-hybridized carbons (Fsp3) is 0.304. The molecule has 1 unspecified atom stereocenters. The number of nitrogens with zero attached hydrogens (tertiary/aromatic N) is 1. The first-order valence-corrected chi connectivity index (χ1v) is 10.7. The Bertz CT molecular complexity index is 1050. The molecule has 3 rings (SSSR count). The van der Waals surface area contributed by atoms with Gasteiger partial charge in [-0.05, 0) is 75.1 Å². The van der Waals surface area contributed by atoms with Crippen LogP contribution in [0.4, 0.5) is 5.69 Å². The highest BCUT2D eigenvalue weighted by molar-refractivity contribution is 8.00. The molecule has 0 aliphatic rings. The molecule has 3 nitrogen and oxygen atoms in total. The van der Waals surface area contributed by atoms with Gasteiger partial charge in [0.1, 0.15) is 0 Å². The minimum absolute atomic E-state index is 0.0346. The molecule has 1 N–H and O–H groups in total. The van der Waals surface area contributed by atoms with Gasteiger partial charge in [-0.2, -0.15) is 0 Å². The van der Waals surface area contributed by atoms with Gasteiger partial charge in [0.25, 0.3) is 0 Å². The van der Waals surface area contributed by atoms with E-state index in [1.807, 2.05) is 26.0 Å². The summed E-state index contributed by atoms with van der Waals surface area (Å²) in [5.74, 6) is -0.0346. The third-order valence-corrected chi connectivity index (χ3v) is 6.49. The highest BCUT2D eigenvalue weighted by atomic mass is 35.5. The largest absolute Gasteiger partial charge is 0.325 e. The number of carbonyl (C=O) groups is 1. The van der Waals surface area contributed by atoms with Gasteiger partial charge in [0, 0.05) is 16.1 Å². The molecule has 3 aromatic rings. The maximum atomic E-state index is 12.8. The summed E-state index contributed by atoms with van der Waals surface area (Å²) in [5, 5.41) is 5.45. The zero-order chi connectivity index (χ0) is 20.4. The number of fused-ring (bicyclic) bond motifs is 1. The van der Waals surface area contributed by atoms with Crippen molar-refractivity contribution in [2.75, 3.05) is 5.32 Å². The quantitative estimate of drug-likeness (QED) is 0.478. The van der Waals surface area contributed by atoms with Gasteiger partial charge in [0.15, 0.2) is 0 Å². The van der Waals surface area contributed by atoms with Gasteiger partial charge < -0.3 is 5.32 Å². The van der Waals surface area contributed by atoms with Crippen LogP contribution in [-0.4, -0.2) is 16.1 Å². The molecule has 0 saturated heterocycles. The summed E-state index contributed by atoms with van der Waals surface area (Å²) in [5.41, 5.74) is 6.29. The molecule has 5 heteroatoms. The number of aryl methyl sites for hydroxylation is 4. The molecule has 0 bridgehead atoms. The number of hydrogen-bond acceptors (Lipinski definition) is 3. The van der Waals surface area contributed by atoms with Gasteiger partial charge in [0.05, 0.1) is 15.8 Å². The molecule has 0 fully saturated rings. The van der Waals surface area contributed by atoms with E-state index in [1.165, 1.54) is 28.3 Å². The average Bonchev–Trinajstić information content (AvgIpc) is 2.63. The Hall–Kier alpha value is -2.04. The van der Waals surface area contributed by atoms with Crippen molar-refractivity contribution in [1.82, 2.24) is 4.98 Å². The molecular formula is C23H25ClN2OS. The minimum Gasteiger partial charge on any atom is -0.325 e. The van der Waals surface area contributed by atoms with E-state index >= 15 is 0 Å². The van der Waals surface area contributed by atoms with Crippen LogP contribution in [0, 0.1) is 27.7 Å². The lowest BCUT2D eigenvalue weighted by Gasteiger charge is -2.16. The highest BCUT2D eigenvalue weighted by Crippen LogP contribution is 2.31. The van der Waals surface area contributed by atoms with Crippen molar-refractivity contribution in [1.29, 1.82) is 0 Å². The summed E-state index contributed by atoms with van der Waals surface area (Å²) in [7, 11) is 0. The number of amides is 1.